The molecule has 1 aromatic carbocycles. The van der Waals surface area contributed by atoms with E-state index in [0.717, 1.165) is 7.11 Å². The van der Waals surface area contributed by atoms with Crippen LogP contribution in [0.25, 0.3) is 0 Å². The van der Waals surface area contributed by atoms with E-state index in [4.69, 9.17) is 11.6 Å². The predicted octanol–water partition coefficient (Wildman–Crippen LogP) is 3.51. The lowest BCUT2D eigenvalue weighted by molar-refractivity contribution is -0.137. The molecule has 78 valence electrons. The van der Waals surface area contributed by atoms with E-state index in [1.807, 2.05) is 0 Å². The minimum Gasteiger partial charge on any atom is -0.492 e. The first kappa shape index (κ1) is 11.1. The van der Waals surface area contributed by atoms with Gasteiger partial charge in [-0.2, -0.15) is 13.2 Å². The Morgan fingerprint density at radius 2 is 1.86 bits per heavy atom. The Hall–Kier alpha value is -0.970. The van der Waals surface area contributed by atoms with Crippen LogP contribution in [0.1, 0.15) is 5.56 Å². The van der Waals surface area contributed by atoms with Crippen molar-refractivity contribution in [2.75, 3.05) is 7.11 Å². The van der Waals surface area contributed by atoms with Crippen LogP contribution in [0.5, 0.6) is 5.75 Å². The lowest BCUT2D eigenvalue weighted by atomic mass is 10.2. The second-order valence-corrected chi connectivity index (χ2v) is 2.82. The van der Waals surface area contributed by atoms with Gasteiger partial charge in [0.2, 0.25) is 0 Å². The number of hydrogen-bond donors (Lipinski definition) is 0. The minimum atomic E-state index is -4.61. The summed E-state index contributed by atoms with van der Waals surface area (Å²) in [6, 6.07) is 1.23. The molecule has 0 radical (unpaired) electrons. The van der Waals surface area contributed by atoms with Crippen LogP contribution < -0.4 is 4.74 Å². The SMILES string of the molecule is COc1c(F)ccc(C(F)(F)F)c1Cl. The lowest BCUT2D eigenvalue weighted by Crippen LogP contribution is -2.07. The van der Waals surface area contributed by atoms with Gasteiger partial charge in [0.25, 0.3) is 0 Å². The summed E-state index contributed by atoms with van der Waals surface area (Å²) >= 11 is 5.31. The Labute approximate surface area is 82.2 Å². The van der Waals surface area contributed by atoms with Crippen molar-refractivity contribution in [2.45, 2.75) is 6.18 Å². The van der Waals surface area contributed by atoms with Crippen LogP contribution in [0.2, 0.25) is 5.02 Å². The van der Waals surface area contributed by atoms with E-state index in [9.17, 15) is 17.6 Å². The second-order valence-electron chi connectivity index (χ2n) is 2.44. The molecular weight excluding hydrogens is 224 g/mol. The maximum atomic E-state index is 12.8. The Kier molecular flexibility index (Phi) is 2.89. The van der Waals surface area contributed by atoms with Gasteiger partial charge in [-0.1, -0.05) is 11.6 Å². The van der Waals surface area contributed by atoms with Gasteiger partial charge < -0.3 is 4.74 Å². The van der Waals surface area contributed by atoms with Crippen LogP contribution in [0, 0.1) is 5.82 Å². The maximum Gasteiger partial charge on any atom is 0.417 e. The fourth-order valence-corrected chi connectivity index (χ4v) is 1.28. The van der Waals surface area contributed by atoms with Crippen LogP contribution >= 0.6 is 11.6 Å². The summed E-state index contributed by atoms with van der Waals surface area (Å²) in [6.45, 7) is 0. The van der Waals surface area contributed by atoms with Crippen molar-refractivity contribution < 1.29 is 22.3 Å². The Morgan fingerprint density at radius 3 is 2.29 bits per heavy atom. The normalized spacial score (nSPS) is 11.6. The zero-order valence-electron chi connectivity index (χ0n) is 6.95. The molecule has 0 saturated heterocycles. The summed E-state index contributed by atoms with van der Waals surface area (Å²) in [7, 11) is 1.05. The third-order valence-corrected chi connectivity index (χ3v) is 1.93. The molecule has 14 heavy (non-hydrogen) atoms. The number of benzene rings is 1. The Balaban J connectivity index is 3.36. The second kappa shape index (κ2) is 3.65. The first-order valence-corrected chi connectivity index (χ1v) is 3.85. The zero-order valence-corrected chi connectivity index (χ0v) is 7.71. The highest BCUT2D eigenvalue weighted by Crippen LogP contribution is 2.40. The van der Waals surface area contributed by atoms with Gasteiger partial charge >= 0.3 is 6.18 Å². The van der Waals surface area contributed by atoms with E-state index in [1.165, 1.54) is 0 Å². The van der Waals surface area contributed by atoms with Crippen LogP contribution in [-0.4, -0.2) is 7.11 Å². The number of hydrogen-bond acceptors (Lipinski definition) is 1. The summed E-state index contributed by atoms with van der Waals surface area (Å²) in [5, 5.41) is -0.764. The fourth-order valence-electron chi connectivity index (χ4n) is 0.939. The van der Waals surface area contributed by atoms with E-state index >= 15 is 0 Å². The van der Waals surface area contributed by atoms with Gasteiger partial charge in [-0.25, -0.2) is 4.39 Å². The highest BCUT2D eigenvalue weighted by atomic mass is 35.5. The number of rotatable bonds is 1. The third-order valence-electron chi connectivity index (χ3n) is 1.56. The van der Waals surface area contributed by atoms with Crippen molar-refractivity contribution in [3.8, 4) is 5.75 Å². The molecule has 0 aliphatic carbocycles. The largest absolute Gasteiger partial charge is 0.492 e. The summed E-state index contributed by atoms with van der Waals surface area (Å²) in [6.07, 6.45) is -4.61. The molecule has 1 nitrogen and oxygen atoms in total. The van der Waals surface area contributed by atoms with Crippen molar-refractivity contribution in [1.29, 1.82) is 0 Å². The molecule has 0 amide bonds. The van der Waals surface area contributed by atoms with Gasteiger partial charge in [-0.05, 0) is 12.1 Å². The monoisotopic (exact) mass is 228 g/mol. The molecular formula is C8H5ClF4O. The molecule has 0 N–H and O–H groups in total. The van der Waals surface area contributed by atoms with Crippen molar-refractivity contribution >= 4 is 11.6 Å². The lowest BCUT2D eigenvalue weighted by Gasteiger charge is -2.11. The number of ether oxygens (including phenoxy) is 1. The van der Waals surface area contributed by atoms with Crippen molar-refractivity contribution in [3.05, 3.63) is 28.5 Å². The van der Waals surface area contributed by atoms with Crippen LogP contribution in [-0.2, 0) is 6.18 Å². The predicted molar refractivity (Wildman–Crippen MR) is 43.0 cm³/mol. The third kappa shape index (κ3) is 1.92. The fraction of sp³-hybridized carbons (Fsp3) is 0.250. The van der Waals surface area contributed by atoms with Crippen LogP contribution in [0.4, 0.5) is 17.6 Å². The summed E-state index contributed by atoms with van der Waals surface area (Å²) in [5.74, 6) is -1.52. The summed E-state index contributed by atoms with van der Waals surface area (Å²) in [5.41, 5.74) is -1.11. The van der Waals surface area contributed by atoms with Gasteiger partial charge in [0.05, 0.1) is 17.7 Å². The molecule has 0 bridgehead atoms. The molecule has 0 spiro atoms. The zero-order chi connectivity index (χ0) is 10.9. The molecule has 0 aliphatic rings. The standard InChI is InChI=1S/C8H5ClF4O/c1-14-7-5(10)3-2-4(6(7)9)8(11,12)13/h2-3H,1H3. The van der Waals surface area contributed by atoms with Crippen molar-refractivity contribution in [1.82, 2.24) is 0 Å². The molecule has 0 fully saturated rings. The van der Waals surface area contributed by atoms with Gasteiger partial charge in [0, 0.05) is 0 Å². The van der Waals surface area contributed by atoms with Crippen molar-refractivity contribution in [2.24, 2.45) is 0 Å². The van der Waals surface area contributed by atoms with Gasteiger partial charge in [0.1, 0.15) is 0 Å². The molecule has 1 aromatic rings. The highest BCUT2D eigenvalue weighted by molar-refractivity contribution is 6.32. The van der Waals surface area contributed by atoms with E-state index in [0.29, 0.717) is 12.1 Å². The molecule has 0 atom stereocenters. The van der Waals surface area contributed by atoms with Crippen LogP contribution in [0.3, 0.4) is 0 Å². The quantitative estimate of drug-likeness (QED) is 0.669. The molecule has 0 unspecified atom stereocenters. The summed E-state index contributed by atoms with van der Waals surface area (Å²) < 4.78 is 53.9. The summed E-state index contributed by atoms with van der Waals surface area (Å²) in [4.78, 5) is 0. The Bertz CT molecular complexity index is 348. The highest BCUT2D eigenvalue weighted by Gasteiger charge is 2.35. The Morgan fingerprint density at radius 1 is 1.29 bits per heavy atom. The number of halogens is 5. The molecule has 0 saturated carbocycles. The van der Waals surface area contributed by atoms with Gasteiger partial charge in [0.15, 0.2) is 11.6 Å². The molecule has 0 aromatic heterocycles. The average molecular weight is 229 g/mol. The van der Waals surface area contributed by atoms with E-state index < -0.39 is 28.3 Å². The van der Waals surface area contributed by atoms with Gasteiger partial charge in [-0.15, -0.1) is 0 Å². The molecule has 0 aliphatic heterocycles. The number of alkyl halides is 3. The minimum absolute atomic E-state index is 0.570. The van der Waals surface area contributed by atoms with Gasteiger partial charge in [-0.3, -0.25) is 0 Å². The topological polar surface area (TPSA) is 9.23 Å². The average Bonchev–Trinajstić information content (AvgIpc) is 2.02. The number of methoxy groups -OCH3 is 1. The maximum absolute atomic E-state index is 12.8. The molecule has 1 rings (SSSR count). The molecule has 6 heteroatoms. The molecule has 0 heterocycles. The first-order chi connectivity index (χ1) is 6.38. The van der Waals surface area contributed by atoms with E-state index in [2.05, 4.69) is 4.74 Å². The van der Waals surface area contributed by atoms with Crippen molar-refractivity contribution in [3.63, 3.8) is 0 Å². The first-order valence-electron chi connectivity index (χ1n) is 3.47. The van der Waals surface area contributed by atoms with Crippen LogP contribution in [0.15, 0.2) is 12.1 Å². The van der Waals surface area contributed by atoms with E-state index in [-0.39, 0.29) is 0 Å². The van der Waals surface area contributed by atoms with E-state index in [1.54, 1.807) is 0 Å². The smallest absolute Gasteiger partial charge is 0.417 e.